The van der Waals surface area contributed by atoms with Gasteiger partial charge in [0.1, 0.15) is 4.21 Å². The van der Waals surface area contributed by atoms with Crippen molar-refractivity contribution in [2.45, 2.75) is 50.8 Å². The molecule has 0 spiro atoms. The molecule has 3 aromatic heterocycles. The Morgan fingerprint density at radius 1 is 1.30 bits per heavy atom. The van der Waals surface area contributed by atoms with E-state index in [-0.39, 0.29) is 10.8 Å². The number of halogens is 1. The van der Waals surface area contributed by atoms with Crippen LogP contribution in [0.1, 0.15) is 44.2 Å². The molecule has 3 aromatic rings. The number of ether oxygens (including phenoxy) is 1. The zero-order valence-electron chi connectivity index (χ0n) is 18.7. The van der Waals surface area contributed by atoms with E-state index in [2.05, 4.69) is 23.8 Å². The van der Waals surface area contributed by atoms with Gasteiger partial charge < -0.3 is 9.30 Å². The maximum atomic E-state index is 13.0. The highest BCUT2D eigenvalue weighted by Gasteiger charge is 2.26. The van der Waals surface area contributed by atoms with E-state index >= 15 is 0 Å². The average molecular weight is 511 g/mol. The van der Waals surface area contributed by atoms with Crippen LogP contribution in [-0.2, 0) is 27.7 Å². The largest absolute Gasteiger partial charge is 0.449 e. The van der Waals surface area contributed by atoms with Crippen molar-refractivity contribution in [2.24, 2.45) is 5.92 Å². The summed E-state index contributed by atoms with van der Waals surface area (Å²) in [6.07, 6.45) is 6.24. The summed E-state index contributed by atoms with van der Waals surface area (Å²) < 4.78 is 34.9. The second-order valence-electron chi connectivity index (χ2n) is 7.97. The molecular weight excluding hydrogens is 484 g/mol. The number of nitrogens with one attached hydrogen (secondary N) is 1. The van der Waals surface area contributed by atoms with Gasteiger partial charge in [-0.05, 0) is 42.5 Å². The Bertz CT molecular complexity index is 1190. The topological polar surface area (TPSA) is 103 Å². The zero-order chi connectivity index (χ0) is 24.0. The van der Waals surface area contributed by atoms with Crippen LogP contribution in [0.4, 0.5) is 4.79 Å². The van der Waals surface area contributed by atoms with Gasteiger partial charge in [0, 0.05) is 34.6 Å². The van der Waals surface area contributed by atoms with Crippen molar-refractivity contribution in [1.82, 2.24) is 19.3 Å². The van der Waals surface area contributed by atoms with Crippen LogP contribution in [0.5, 0.6) is 0 Å². The van der Waals surface area contributed by atoms with E-state index in [1.165, 1.54) is 0 Å². The number of sulfonamides is 1. The molecule has 178 valence electrons. The Kier molecular flexibility index (Phi) is 8.50. The molecule has 0 radical (unpaired) electrons. The first kappa shape index (κ1) is 25.2. The van der Waals surface area contributed by atoms with Crippen LogP contribution in [-0.4, -0.2) is 35.7 Å². The van der Waals surface area contributed by atoms with E-state index in [0.717, 1.165) is 34.7 Å². The van der Waals surface area contributed by atoms with Gasteiger partial charge in [-0.25, -0.2) is 22.9 Å². The molecule has 0 unspecified atom stereocenters. The normalized spacial score (nSPS) is 11.7. The summed E-state index contributed by atoms with van der Waals surface area (Å²) in [6, 6.07) is 5.48. The van der Waals surface area contributed by atoms with Crippen molar-refractivity contribution in [1.29, 1.82) is 0 Å². The first-order valence-electron chi connectivity index (χ1n) is 10.6. The molecule has 1 N–H and O–H groups in total. The molecule has 0 saturated carbocycles. The van der Waals surface area contributed by atoms with E-state index in [1.807, 2.05) is 29.8 Å². The van der Waals surface area contributed by atoms with Crippen molar-refractivity contribution < 1.29 is 17.9 Å². The van der Waals surface area contributed by atoms with Crippen molar-refractivity contribution in [3.8, 4) is 11.1 Å². The number of unbranched alkanes of at least 4 members (excludes halogenated alkanes) is 1. The third kappa shape index (κ3) is 6.78. The summed E-state index contributed by atoms with van der Waals surface area (Å²) in [5, 5.41) is 0.363. The van der Waals surface area contributed by atoms with Crippen LogP contribution in [0.15, 0.2) is 41.0 Å². The minimum atomic E-state index is -4.11. The first-order valence-corrected chi connectivity index (χ1v) is 13.3. The van der Waals surface area contributed by atoms with Crippen LogP contribution in [0.2, 0.25) is 5.28 Å². The lowest BCUT2D eigenvalue weighted by molar-refractivity contribution is 0.151. The van der Waals surface area contributed by atoms with E-state index in [9.17, 15) is 13.2 Å². The average Bonchev–Trinajstić information content (AvgIpc) is 3.35. The third-order valence-electron chi connectivity index (χ3n) is 4.68. The van der Waals surface area contributed by atoms with Crippen LogP contribution in [0.3, 0.4) is 0 Å². The van der Waals surface area contributed by atoms with Crippen molar-refractivity contribution in [3.05, 3.63) is 52.6 Å². The van der Waals surface area contributed by atoms with Crippen molar-refractivity contribution in [2.75, 3.05) is 6.61 Å². The third-order valence-corrected chi connectivity index (χ3v) is 8.00. The lowest BCUT2D eigenvalue weighted by Gasteiger charge is -2.09. The minimum absolute atomic E-state index is 0.0674. The summed E-state index contributed by atoms with van der Waals surface area (Å²) in [7, 11) is -4.11. The fourth-order valence-electron chi connectivity index (χ4n) is 3.10. The van der Waals surface area contributed by atoms with E-state index in [4.69, 9.17) is 16.3 Å². The Labute approximate surface area is 203 Å². The maximum Gasteiger partial charge on any atom is 0.421 e. The number of rotatable bonds is 10. The summed E-state index contributed by atoms with van der Waals surface area (Å²) in [5.74, 6) is 0.347. The van der Waals surface area contributed by atoms with Gasteiger partial charge in [-0.2, -0.15) is 0 Å². The van der Waals surface area contributed by atoms with Crippen LogP contribution in [0.25, 0.3) is 11.1 Å². The van der Waals surface area contributed by atoms with Crippen LogP contribution < -0.4 is 4.72 Å². The molecular formula is C22H27ClN4O4S2. The van der Waals surface area contributed by atoms with Gasteiger partial charge in [0.25, 0.3) is 10.0 Å². The highest BCUT2D eigenvalue weighted by Crippen LogP contribution is 2.36. The molecule has 0 aliphatic heterocycles. The van der Waals surface area contributed by atoms with Gasteiger partial charge in [0.05, 0.1) is 18.8 Å². The summed E-state index contributed by atoms with van der Waals surface area (Å²) in [6.45, 7) is 6.69. The first-order chi connectivity index (χ1) is 15.7. The molecule has 0 aliphatic carbocycles. The molecule has 0 aromatic carbocycles. The Morgan fingerprint density at radius 3 is 2.70 bits per heavy atom. The van der Waals surface area contributed by atoms with Gasteiger partial charge >= 0.3 is 6.09 Å². The lowest BCUT2D eigenvalue weighted by atomic mass is 10.1. The van der Waals surface area contributed by atoms with E-state index < -0.39 is 16.1 Å². The highest BCUT2D eigenvalue weighted by atomic mass is 35.5. The molecule has 3 heterocycles. The number of aromatic nitrogens is 3. The molecule has 33 heavy (non-hydrogen) atoms. The predicted molar refractivity (Wildman–Crippen MR) is 129 cm³/mol. The molecule has 8 nitrogen and oxygen atoms in total. The SMILES string of the molecule is CCCCOC(=O)NS(=O)(=O)c1sc(CC(C)C)cc1-c1ccc(Cn2ccnc2Cl)nc1. The Morgan fingerprint density at radius 2 is 2.09 bits per heavy atom. The lowest BCUT2D eigenvalue weighted by Crippen LogP contribution is -2.31. The molecule has 0 saturated heterocycles. The number of hydrogen-bond donors (Lipinski definition) is 1. The fraction of sp³-hybridized carbons (Fsp3) is 0.409. The van der Waals surface area contributed by atoms with Crippen molar-refractivity contribution >= 4 is 39.1 Å². The number of nitrogens with zero attached hydrogens (tertiary/aromatic N) is 3. The van der Waals surface area contributed by atoms with Gasteiger partial charge in [-0.1, -0.05) is 33.3 Å². The Balaban J connectivity index is 1.88. The molecule has 1 amide bonds. The Hall–Kier alpha value is -2.43. The number of amides is 1. The monoisotopic (exact) mass is 510 g/mol. The number of hydrogen-bond acceptors (Lipinski definition) is 7. The predicted octanol–water partition coefficient (Wildman–Crippen LogP) is 5.12. The summed E-state index contributed by atoms with van der Waals surface area (Å²) in [5.41, 5.74) is 1.89. The summed E-state index contributed by atoms with van der Waals surface area (Å²) >= 11 is 7.18. The maximum absolute atomic E-state index is 13.0. The highest BCUT2D eigenvalue weighted by molar-refractivity contribution is 7.92. The molecule has 0 bridgehead atoms. The molecule has 11 heteroatoms. The van der Waals surface area contributed by atoms with Gasteiger partial charge in [-0.3, -0.25) is 4.98 Å². The smallest absolute Gasteiger partial charge is 0.421 e. The molecule has 3 rings (SSSR count). The number of imidazole rings is 1. The van der Waals surface area contributed by atoms with Gasteiger partial charge in [-0.15, -0.1) is 11.3 Å². The summed E-state index contributed by atoms with van der Waals surface area (Å²) in [4.78, 5) is 21.4. The number of carbonyl (C=O) groups excluding carboxylic acids is 1. The standard InChI is InChI=1S/C22H27ClN4O4S2/c1-4-5-10-31-22(28)26-33(29,30)20-19(12-18(32-20)11-15(2)3)16-6-7-17(25-13-16)14-27-9-8-24-21(27)23/h6-9,12-13,15H,4-5,10-11,14H2,1-3H3,(H,26,28). The quantitative estimate of drug-likeness (QED) is 0.379. The molecule has 0 fully saturated rings. The fourth-order valence-corrected chi connectivity index (χ4v) is 6.12. The second-order valence-corrected chi connectivity index (χ2v) is 11.3. The molecule has 0 aliphatic rings. The van der Waals surface area contributed by atoms with Gasteiger partial charge in [0.15, 0.2) is 0 Å². The van der Waals surface area contributed by atoms with E-state index in [0.29, 0.717) is 35.3 Å². The number of carbonyl (C=O) groups is 1. The number of pyridine rings is 1. The zero-order valence-corrected chi connectivity index (χ0v) is 21.1. The second kappa shape index (κ2) is 11.1. The van der Waals surface area contributed by atoms with Gasteiger partial charge in [0.2, 0.25) is 5.28 Å². The molecule has 0 atom stereocenters. The van der Waals surface area contributed by atoms with Crippen molar-refractivity contribution in [3.63, 3.8) is 0 Å². The number of thiophene rings is 1. The van der Waals surface area contributed by atoms with Crippen LogP contribution in [0, 0.1) is 5.92 Å². The van der Waals surface area contributed by atoms with E-state index in [1.54, 1.807) is 23.2 Å². The minimum Gasteiger partial charge on any atom is -0.449 e. The van der Waals surface area contributed by atoms with Crippen LogP contribution >= 0.6 is 22.9 Å².